The number of morpholine rings is 12. The van der Waals surface area contributed by atoms with E-state index in [1.165, 1.54) is 44.1 Å². The Bertz CT molecular complexity index is 3050. The lowest BCUT2D eigenvalue weighted by molar-refractivity contribution is -0.243. The zero-order valence-corrected chi connectivity index (χ0v) is 94.1. The standard InChI is InChI=1S/C12H23NO.2C11H21NO.2C10H19NO.C9H19NO2.2C9H17NO.2C8H17NO2.C8H15NO.C7H15NO2/c1-3-5-7-12(8-6-4-2)11-13-9-10-14-12;2*1-3-5-7-11(6-4-2)10-12-8-9-13-11;1-3-5-6-10(4-2)9-11-7-8-12-10;1-3-5-10(6-4-2)9-11-7-8-12-10;1-4-9(8(2)11-3)7-10-5-6-12-9;1-3-4-5-9(2)8-10-6-7-11-9;1-2-3-4-5-9-8-10-6-7-11-9;1-7(10-3)8(2)6-9-4-5-11-8;1-4-7-8(2,10-3)11-6-5-9-7;1-7(2)5-8-6-9-3-4-10-8;1-6-7(2,9-3)10-5-4-8-6/h5,7,13H,3-4,6,8-11H2,1-2H3;5,7,12H,3-4,6,8-10H2,1-2H3;4,12H,2-3,5-10H2,1H3;5-6,11H,3-4,7-9H2,1-2H3;3,11H,1,4-9H2,2H3;8,10H,4-7H2,1-3H3;4-5,10H,3,6-8H2,1-2H3;3-4,9-10H,2,5-8H2,1H3;2*7,9H,4-6H2,1-3H3;8-9H,1,3-6H2,2H3;6,8H,4-5H2,1-3H3. The summed E-state index contributed by atoms with van der Waals surface area (Å²) < 4.78 is 89.3. The molecule has 28 nitrogen and oxygen atoms in total. The molecule has 0 spiro atoms. The van der Waals surface area contributed by atoms with Gasteiger partial charge in [0.15, 0.2) is 11.6 Å². The van der Waals surface area contributed by atoms with E-state index in [1.54, 1.807) is 28.4 Å². The molecule has 0 aliphatic carbocycles. The largest absolute Gasteiger partial charge is 0.379 e. The van der Waals surface area contributed by atoms with Crippen molar-refractivity contribution in [3.05, 3.63) is 98.2 Å². The van der Waals surface area contributed by atoms with E-state index in [4.69, 9.17) is 75.8 Å². The predicted octanol–water partition coefficient (Wildman–Crippen LogP) is 16.1. The normalized spacial score (nSPS) is 31.7. The van der Waals surface area contributed by atoms with Gasteiger partial charge in [0, 0.05) is 172 Å². The monoisotopic (exact) mass is 1990 g/mol. The van der Waals surface area contributed by atoms with E-state index in [0.717, 1.165) is 326 Å². The predicted molar refractivity (Wildman–Crippen MR) is 584 cm³/mol. The van der Waals surface area contributed by atoms with Crippen LogP contribution >= 0.6 is 0 Å². The van der Waals surface area contributed by atoms with E-state index in [0.29, 0.717) is 18.2 Å². The first-order valence-electron chi connectivity index (χ1n) is 55.0. The smallest absolute Gasteiger partial charge is 0.180 e. The number of hydrogen-bond donors (Lipinski definition) is 12. The molecule has 0 aromatic carbocycles. The van der Waals surface area contributed by atoms with Crippen LogP contribution in [0.2, 0.25) is 0 Å². The number of ether oxygens (including phenoxy) is 16. The van der Waals surface area contributed by atoms with E-state index < -0.39 is 11.6 Å². The fourth-order valence-electron chi connectivity index (χ4n) is 17.8. The second kappa shape index (κ2) is 81.7. The third kappa shape index (κ3) is 57.0. The molecule has 824 valence electrons. The first-order valence-corrected chi connectivity index (χ1v) is 55.0. The molecule has 140 heavy (non-hydrogen) atoms. The van der Waals surface area contributed by atoms with Crippen LogP contribution < -0.4 is 63.8 Å². The molecule has 12 N–H and O–H groups in total. The SMILES string of the molecule is C=C(C)CC1CNCCO1.C=CCC1(CCC)CNCCO1.C=CCC1(CCCC)CNCCO1.CCC1(C(C)OC)CNCCO1.CCC1NCCOC1(C)OC.CCC=CC1(C)CNCCO1.CCC=CC1(CC)CNCCO1.CCC=CC1(CCC)CNCCO1.CCC=CC1(CCCC)CNCCO1.CCC=CCC1CNCCO1.COC(C)C1(C)CNCCO1.COC1(C)OCCNC1C. The van der Waals surface area contributed by atoms with E-state index in [-0.39, 0.29) is 63.1 Å². The maximum Gasteiger partial charge on any atom is 0.180 e. The van der Waals surface area contributed by atoms with Crippen LogP contribution in [0, 0.1) is 0 Å². The molecule has 0 amide bonds. The minimum atomic E-state index is -0.432. The lowest BCUT2D eigenvalue weighted by Gasteiger charge is -2.40. The minimum absolute atomic E-state index is 0.00965. The van der Waals surface area contributed by atoms with Crippen molar-refractivity contribution in [2.45, 2.75) is 373 Å². The van der Waals surface area contributed by atoms with Gasteiger partial charge in [-0.1, -0.05) is 200 Å². The summed E-state index contributed by atoms with van der Waals surface area (Å²) in [6.45, 7) is 84.8. The van der Waals surface area contributed by atoms with Gasteiger partial charge in [-0.05, 0) is 158 Å². The summed E-state index contributed by atoms with van der Waals surface area (Å²) in [7, 11) is 6.81. The summed E-state index contributed by atoms with van der Waals surface area (Å²) >= 11 is 0. The Morgan fingerprint density at radius 2 is 0.793 bits per heavy atom. The van der Waals surface area contributed by atoms with Crippen molar-refractivity contribution >= 4 is 0 Å². The molecular formula is C112H220N12O16. The molecule has 12 saturated heterocycles. The van der Waals surface area contributed by atoms with Crippen molar-refractivity contribution in [2.75, 3.05) is 252 Å². The van der Waals surface area contributed by atoms with Crippen LogP contribution in [-0.4, -0.2) is 345 Å². The van der Waals surface area contributed by atoms with Gasteiger partial charge in [0.05, 0.1) is 149 Å². The average Bonchev–Trinajstić information content (AvgIpc) is 0.851. The van der Waals surface area contributed by atoms with Gasteiger partial charge >= 0.3 is 0 Å². The highest BCUT2D eigenvalue weighted by molar-refractivity contribution is 5.08. The van der Waals surface area contributed by atoms with Crippen molar-refractivity contribution in [3.8, 4) is 0 Å². The van der Waals surface area contributed by atoms with Gasteiger partial charge in [-0.25, -0.2) is 0 Å². The lowest BCUT2D eigenvalue weighted by atomic mass is 9.91. The number of nitrogens with one attached hydrogen (secondary N) is 12. The van der Waals surface area contributed by atoms with Crippen LogP contribution in [0.15, 0.2) is 98.2 Å². The molecule has 12 heterocycles. The summed E-state index contributed by atoms with van der Waals surface area (Å²) in [5.41, 5.74) is 0.953. The van der Waals surface area contributed by atoms with Crippen molar-refractivity contribution in [2.24, 2.45) is 0 Å². The van der Waals surface area contributed by atoms with Crippen LogP contribution in [0.25, 0.3) is 0 Å². The molecular weight excluding hydrogens is 1770 g/mol. The molecule has 0 aromatic heterocycles. The topological polar surface area (TPSA) is 292 Å². The Morgan fingerprint density at radius 1 is 0.379 bits per heavy atom. The number of allylic oxidation sites excluding steroid dienone is 5. The summed E-state index contributed by atoms with van der Waals surface area (Å²) in [5.74, 6) is -0.856. The zero-order valence-electron chi connectivity index (χ0n) is 94.1. The third-order valence-corrected chi connectivity index (χ3v) is 27.4. The van der Waals surface area contributed by atoms with Gasteiger partial charge in [-0.2, -0.15) is 0 Å². The van der Waals surface area contributed by atoms with Gasteiger partial charge in [-0.15, -0.1) is 19.7 Å². The summed E-state index contributed by atoms with van der Waals surface area (Å²) in [4.78, 5) is 0. The molecule has 16 atom stereocenters. The van der Waals surface area contributed by atoms with Crippen LogP contribution in [-0.2, 0) is 75.8 Å². The molecule has 28 heteroatoms. The average molecular weight is 1990 g/mol. The van der Waals surface area contributed by atoms with E-state index in [1.807, 2.05) is 39.8 Å². The van der Waals surface area contributed by atoms with E-state index >= 15 is 0 Å². The van der Waals surface area contributed by atoms with Gasteiger partial charge in [-0.3, -0.25) is 0 Å². The molecule has 12 aliphatic heterocycles. The maximum atomic E-state index is 5.92. The Labute approximate surface area is 857 Å². The zero-order chi connectivity index (χ0) is 104. The van der Waals surface area contributed by atoms with Crippen molar-refractivity contribution < 1.29 is 75.8 Å². The minimum Gasteiger partial charge on any atom is -0.379 e. The molecule has 12 fully saturated rings. The summed E-state index contributed by atoms with van der Waals surface area (Å²) in [6.07, 6.45) is 51.5. The van der Waals surface area contributed by atoms with Gasteiger partial charge in [0.1, 0.15) is 11.2 Å². The number of unbranched alkanes of at least 4 members (excludes halogenated alkanes) is 2. The van der Waals surface area contributed by atoms with Crippen molar-refractivity contribution in [3.63, 3.8) is 0 Å². The molecule has 0 saturated carbocycles. The summed E-state index contributed by atoms with van der Waals surface area (Å²) in [6, 6.07) is 0.590. The first-order chi connectivity index (χ1) is 67.5. The molecule has 12 rings (SSSR count). The third-order valence-electron chi connectivity index (χ3n) is 27.4. The Balaban J connectivity index is 0.000000764. The molecule has 16 unspecified atom stereocenters. The van der Waals surface area contributed by atoms with Crippen molar-refractivity contribution in [1.29, 1.82) is 0 Å². The number of rotatable bonds is 36. The van der Waals surface area contributed by atoms with E-state index in [9.17, 15) is 0 Å². The lowest BCUT2D eigenvalue weighted by Crippen LogP contribution is -2.57. The Kier molecular flexibility index (Phi) is 78.7. The van der Waals surface area contributed by atoms with Crippen LogP contribution in [0.1, 0.15) is 280 Å². The second-order valence-electron chi connectivity index (χ2n) is 39.2. The number of methoxy groups -OCH3 is 4. The van der Waals surface area contributed by atoms with Crippen LogP contribution in [0.5, 0.6) is 0 Å². The van der Waals surface area contributed by atoms with Crippen LogP contribution in [0.4, 0.5) is 0 Å². The van der Waals surface area contributed by atoms with Gasteiger partial charge < -0.3 is 140 Å². The molecule has 0 aromatic rings. The Hall–Kier alpha value is -3.20. The molecule has 12 aliphatic rings. The quantitative estimate of drug-likeness (QED) is 0.0260. The highest BCUT2D eigenvalue weighted by Gasteiger charge is 2.41. The number of hydrogen-bond acceptors (Lipinski definition) is 28. The first kappa shape index (κ1) is 135. The van der Waals surface area contributed by atoms with Gasteiger partial charge in [0.25, 0.3) is 0 Å². The van der Waals surface area contributed by atoms with Crippen molar-refractivity contribution in [1.82, 2.24) is 63.8 Å². The van der Waals surface area contributed by atoms with Crippen LogP contribution in [0.3, 0.4) is 0 Å². The molecule has 0 radical (unpaired) electrons. The maximum absolute atomic E-state index is 5.92. The fraction of sp³-hybridized carbons (Fsp3) is 0.857. The molecule has 0 bridgehead atoms. The fourth-order valence-corrected chi connectivity index (χ4v) is 17.8. The second-order valence-corrected chi connectivity index (χ2v) is 39.2. The van der Waals surface area contributed by atoms with Gasteiger partial charge in [0.2, 0.25) is 0 Å². The Morgan fingerprint density at radius 3 is 1.16 bits per heavy atom. The summed E-state index contributed by atoms with van der Waals surface area (Å²) in [5, 5.41) is 40.1. The highest BCUT2D eigenvalue weighted by Crippen LogP contribution is 2.31. The van der Waals surface area contributed by atoms with E-state index in [2.05, 4.69) is 255 Å². The highest BCUT2D eigenvalue weighted by atomic mass is 16.7.